The van der Waals surface area contributed by atoms with Crippen LogP contribution in [0.15, 0.2) is 48.5 Å². The van der Waals surface area contributed by atoms with Crippen LogP contribution in [0.1, 0.15) is 17.4 Å². The molecule has 1 aliphatic rings. The SMILES string of the molecule is COc1ccc(C(O)OCc2ccccc2)cc1NS(=O)(=O)CCN1CCN(C)CC1. The molecule has 31 heavy (non-hydrogen) atoms. The van der Waals surface area contributed by atoms with Gasteiger partial charge in [-0.05, 0) is 24.7 Å². The van der Waals surface area contributed by atoms with Crippen molar-refractivity contribution in [2.24, 2.45) is 0 Å². The number of rotatable bonds is 10. The average Bonchev–Trinajstić information content (AvgIpc) is 2.77. The lowest BCUT2D eigenvalue weighted by Crippen LogP contribution is -2.46. The van der Waals surface area contributed by atoms with Gasteiger partial charge in [-0.15, -0.1) is 0 Å². The molecule has 0 amide bonds. The predicted octanol–water partition coefficient (Wildman–Crippen LogP) is 1.89. The van der Waals surface area contributed by atoms with Crippen LogP contribution < -0.4 is 9.46 Å². The molecule has 1 heterocycles. The molecule has 1 fully saturated rings. The van der Waals surface area contributed by atoms with Crippen molar-refractivity contribution in [3.05, 3.63) is 59.7 Å². The van der Waals surface area contributed by atoms with Gasteiger partial charge in [0, 0.05) is 38.3 Å². The second-order valence-corrected chi connectivity index (χ2v) is 9.52. The molecule has 170 valence electrons. The van der Waals surface area contributed by atoms with E-state index in [4.69, 9.17) is 9.47 Å². The van der Waals surface area contributed by atoms with Gasteiger partial charge in [-0.1, -0.05) is 36.4 Å². The lowest BCUT2D eigenvalue weighted by atomic mass is 10.2. The van der Waals surface area contributed by atoms with E-state index in [-0.39, 0.29) is 18.0 Å². The molecule has 1 aliphatic heterocycles. The number of benzene rings is 2. The van der Waals surface area contributed by atoms with Crippen molar-refractivity contribution in [1.29, 1.82) is 0 Å². The highest BCUT2D eigenvalue weighted by Gasteiger charge is 2.20. The van der Waals surface area contributed by atoms with E-state index in [0.717, 1.165) is 31.7 Å². The summed E-state index contributed by atoms with van der Waals surface area (Å²) in [6.45, 7) is 4.29. The standard InChI is InChI=1S/C22H31N3O5S/c1-24-10-12-25(13-11-24)14-15-31(27,28)23-20-16-19(8-9-21(20)29-2)22(26)30-17-18-6-4-3-5-7-18/h3-9,16,22-23,26H,10-15,17H2,1-2H3. The maximum atomic E-state index is 12.7. The Bertz CT molecular complexity index is 931. The van der Waals surface area contributed by atoms with Crippen molar-refractivity contribution in [2.45, 2.75) is 12.9 Å². The molecule has 0 radical (unpaired) electrons. The number of hydrogen-bond donors (Lipinski definition) is 2. The van der Waals surface area contributed by atoms with Crippen molar-refractivity contribution in [1.82, 2.24) is 9.80 Å². The molecule has 0 aliphatic carbocycles. The molecule has 8 nitrogen and oxygen atoms in total. The Kier molecular flexibility index (Phi) is 8.28. The van der Waals surface area contributed by atoms with Gasteiger partial charge in [-0.2, -0.15) is 0 Å². The molecule has 0 spiro atoms. The fraction of sp³-hybridized carbons (Fsp3) is 0.455. The number of aliphatic hydroxyl groups excluding tert-OH is 1. The van der Waals surface area contributed by atoms with Crippen molar-refractivity contribution in [3.8, 4) is 5.75 Å². The molecule has 1 unspecified atom stereocenters. The van der Waals surface area contributed by atoms with Gasteiger partial charge in [-0.25, -0.2) is 8.42 Å². The van der Waals surface area contributed by atoms with Gasteiger partial charge < -0.3 is 19.5 Å². The van der Waals surface area contributed by atoms with Gasteiger partial charge in [0.2, 0.25) is 10.0 Å². The third-order valence-electron chi connectivity index (χ3n) is 5.30. The number of nitrogens with one attached hydrogen (secondary N) is 1. The largest absolute Gasteiger partial charge is 0.495 e. The summed E-state index contributed by atoms with van der Waals surface area (Å²) in [6, 6.07) is 14.3. The van der Waals surface area contributed by atoms with Crippen LogP contribution in [0.2, 0.25) is 0 Å². The maximum absolute atomic E-state index is 12.7. The van der Waals surface area contributed by atoms with Crippen LogP contribution in [-0.2, 0) is 21.4 Å². The first kappa shape index (κ1) is 23.5. The third kappa shape index (κ3) is 7.19. The zero-order valence-electron chi connectivity index (χ0n) is 18.0. The molecule has 0 aromatic heterocycles. The molecule has 2 aromatic carbocycles. The molecular formula is C22H31N3O5S. The summed E-state index contributed by atoms with van der Waals surface area (Å²) in [7, 11) is -0.0516. The van der Waals surface area contributed by atoms with Crippen LogP contribution in [0.5, 0.6) is 5.75 Å². The van der Waals surface area contributed by atoms with Gasteiger partial charge in [0.1, 0.15) is 5.75 Å². The maximum Gasteiger partial charge on any atom is 0.234 e. The topological polar surface area (TPSA) is 91.3 Å². The van der Waals surface area contributed by atoms with E-state index in [2.05, 4.69) is 21.6 Å². The van der Waals surface area contributed by atoms with Crippen molar-refractivity contribution in [3.63, 3.8) is 0 Å². The molecule has 1 saturated heterocycles. The Morgan fingerprint density at radius 2 is 1.81 bits per heavy atom. The smallest absolute Gasteiger partial charge is 0.234 e. The van der Waals surface area contributed by atoms with Gasteiger partial charge in [0.15, 0.2) is 6.29 Å². The molecule has 1 atom stereocenters. The Morgan fingerprint density at radius 3 is 2.48 bits per heavy atom. The predicted molar refractivity (Wildman–Crippen MR) is 121 cm³/mol. The van der Waals surface area contributed by atoms with E-state index in [1.165, 1.54) is 7.11 Å². The normalized spacial score (nSPS) is 16.7. The Morgan fingerprint density at radius 1 is 1.10 bits per heavy atom. The Hall–Kier alpha value is -2.17. The highest BCUT2D eigenvalue weighted by atomic mass is 32.2. The Balaban J connectivity index is 1.62. The number of piperazine rings is 1. The van der Waals surface area contributed by atoms with E-state index in [1.807, 2.05) is 30.3 Å². The summed E-state index contributed by atoms with van der Waals surface area (Å²) in [6.07, 6.45) is -1.19. The van der Waals surface area contributed by atoms with Crippen LogP contribution in [0.4, 0.5) is 5.69 Å². The number of ether oxygens (including phenoxy) is 2. The molecule has 2 aromatic rings. The van der Waals surface area contributed by atoms with Gasteiger partial charge in [-0.3, -0.25) is 9.62 Å². The summed E-state index contributed by atoms with van der Waals surface area (Å²) in [5.41, 5.74) is 1.65. The summed E-state index contributed by atoms with van der Waals surface area (Å²) >= 11 is 0. The number of hydrogen-bond acceptors (Lipinski definition) is 7. The van der Waals surface area contributed by atoms with Crippen LogP contribution in [-0.4, -0.2) is 76.0 Å². The number of aliphatic hydroxyl groups is 1. The van der Waals surface area contributed by atoms with E-state index >= 15 is 0 Å². The van der Waals surface area contributed by atoms with Crippen molar-refractivity contribution >= 4 is 15.7 Å². The number of methoxy groups -OCH3 is 1. The minimum atomic E-state index is -3.59. The van der Waals surface area contributed by atoms with E-state index in [0.29, 0.717) is 17.9 Å². The highest BCUT2D eigenvalue weighted by Crippen LogP contribution is 2.29. The second kappa shape index (κ2) is 10.9. The third-order valence-corrected chi connectivity index (χ3v) is 6.55. The fourth-order valence-corrected chi connectivity index (χ4v) is 4.44. The first-order valence-electron chi connectivity index (χ1n) is 10.3. The summed E-state index contributed by atoms with van der Waals surface area (Å²) in [4.78, 5) is 4.37. The first-order valence-corrected chi connectivity index (χ1v) is 11.9. The minimum Gasteiger partial charge on any atom is -0.495 e. The summed E-state index contributed by atoms with van der Waals surface area (Å²) < 4.78 is 38.8. The van der Waals surface area contributed by atoms with Gasteiger partial charge >= 0.3 is 0 Å². The minimum absolute atomic E-state index is 0.0167. The monoisotopic (exact) mass is 449 g/mol. The van der Waals surface area contributed by atoms with Crippen molar-refractivity contribution in [2.75, 3.05) is 57.4 Å². The van der Waals surface area contributed by atoms with Crippen LogP contribution in [0.25, 0.3) is 0 Å². The molecule has 0 saturated carbocycles. The van der Waals surface area contributed by atoms with Crippen LogP contribution in [0.3, 0.4) is 0 Å². The second-order valence-electron chi connectivity index (χ2n) is 7.67. The zero-order chi connectivity index (χ0) is 22.3. The summed E-state index contributed by atoms with van der Waals surface area (Å²) in [5.74, 6) is 0.360. The quantitative estimate of drug-likeness (QED) is 0.535. The lowest BCUT2D eigenvalue weighted by Gasteiger charge is -2.32. The highest BCUT2D eigenvalue weighted by molar-refractivity contribution is 7.92. The average molecular weight is 450 g/mol. The van der Waals surface area contributed by atoms with E-state index in [9.17, 15) is 13.5 Å². The fourth-order valence-electron chi connectivity index (χ4n) is 3.34. The Labute approximate surface area is 184 Å². The van der Waals surface area contributed by atoms with Crippen LogP contribution in [0, 0.1) is 0 Å². The molecular weight excluding hydrogens is 418 g/mol. The molecule has 9 heteroatoms. The van der Waals surface area contributed by atoms with E-state index in [1.54, 1.807) is 18.2 Å². The van der Waals surface area contributed by atoms with Crippen molar-refractivity contribution < 1.29 is 23.0 Å². The van der Waals surface area contributed by atoms with E-state index < -0.39 is 16.3 Å². The molecule has 0 bridgehead atoms. The lowest BCUT2D eigenvalue weighted by molar-refractivity contribution is -0.111. The first-order chi connectivity index (χ1) is 14.9. The van der Waals surface area contributed by atoms with Gasteiger partial charge in [0.25, 0.3) is 0 Å². The molecule has 2 N–H and O–H groups in total. The number of nitrogens with zero attached hydrogens (tertiary/aromatic N) is 2. The van der Waals surface area contributed by atoms with Gasteiger partial charge in [0.05, 0.1) is 25.2 Å². The number of sulfonamides is 1. The summed E-state index contributed by atoms with van der Waals surface area (Å²) in [5, 5.41) is 10.4. The molecule has 3 rings (SSSR count). The zero-order valence-corrected chi connectivity index (χ0v) is 18.8. The van der Waals surface area contributed by atoms with Crippen LogP contribution >= 0.6 is 0 Å². The number of likely N-dealkylation sites (N-methyl/N-ethyl adjacent to an activating group) is 1. The number of anilines is 1.